The monoisotopic (exact) mass is 422 g/mol. The van der Waals surface area contributed by atoms with Crippen LogP contribution in [0.3, 0.4) is 0 Å². The molecule has 1 heterocycles. The molecule has 0 radical (unpaired) electrons. The summed E-state index contributed by atoms with van der Waals surface area (Å²) in [5.74, 6) is 2.05. The lowest BCUT2D eigenvalue weighted by Crippen LogP contribution is -2.38. The van der Waals surface area contributed by atoms with Crippen molar-refractivity contribution in [2.24, 2.45) is 17.3 Å². The van der Waals surface area contributed by atoms with Crippen LogP contribution in [-0.2, 0) is 11.2 Å². The number of benzene rings is 1. The summed E-state index contributed by atoms with van der Waals surface area (Å²) < 4.78 is 5.41. The Morgan fingerprint density at radius 2 is 2.06 bits per heavy atom. The lowest BCUT2D eigenvalue weighted by atomic mass is 9.85. The number of amides is 1. The van der Waals surface area contributed by atoms with Gasteiger partial charge in [0, 0.05) is 19.0 Å². The fourth-order valence-corrected chi connectivity index (χ4v) is 5.55. The Kier molecular flexibility index (Phi) is 6.86. The maximum Gasteiger partial charge on any atom is 0.223 e. The van der Waals surface area contributed by atoms with Crippen molar-refractivity contribution in [2.45, 2.75) is 51.9 Å². The lowest BCUT2D eigenvalue weighted by Gasteiger charge is -2.34. The zero-order valence-corrected chi connectivity index (χ0v) is 19.3. The van der Waals surface area contributed by atoms with E-state index in [1.54, 1.807) is 12.7 Å². The second-order valence-electron chi connectivity index (χ2n) is 9.93. The van der Waals surface area contributed by atoms with Crippen molar-refractivity contribution in [1.29, 1.82) is 0 Å². The van der Waals surface area contributed by atoms with Crippen LogP contribution in [0.2, 0.25) is 0 Å². The molecule has 1 aliphatic heterocycles. The van der Waals surface area contributed by atoms with Crippen LogP contribution in [0.4, 0.5) is 0 Å². The Labute approximate surface area is 187 Å². The SMILES string of the molecule is C=C(C)[C@@H]1CC=C(CN2CCC3(CC2)C[C@@H]3C(=O)NCCc2ccccc2OC)CC1. The lowest BCUT2D eigenvalue weighted by molar-refractivity contribution is -0.123. The van der Waals surface area contributed by atoms with Crippen molar-refractivity contribution in [3.05, 3.63) is 53.6 Å². The minimum absolute atomic E-state index is 0.220. The van der Waals surface area contributed by atoms with Gasteiger partial charge >= 0.3 is 0 Å². The number of allylic oxidation sites excluding steroid dienone is 2. The van der Waals surface area contributed by atoms with E-state index in [-0.39, 0.29) is 17.2 Å². The topological polar surface area (TPSA) is 41.6 Å². The second-order valence-corrected chi connectivity index (χ2v) is 9.93. The molecule has 4 nitrogen and oxygen atoms in total. The van der Waals surface area contributed by atoms with Gasteiger partial charge in [0.15, 0.2) is 0 Å². The highest BCUT2D eigenvalue weighted by Crippen LogP contribution is 2.59. The standard InChI is InChI=1S/C27H38N2O2/c1-20(2)22-10-8-21(9-11-22)19-29-16-13-27(14-17-29)18-24(27)26(30)28-15-12-23-6-4-5-7-25(23)31-3/h4-8,22,24H,1,9-19H2,2-3H3,(H,28,30)/t22-,24-/m1/s1. The predicted octanol–water partition coefficient (Wildman–Crippen LogP) is 4.76. The average molecular weight is 423 g/mol. The quantitative estimate of drug-likeness (QED) is 0.614. The third-order valence-corrected chi connectivity index (χ3v) is 7.87. The molecule has 2 fully saturated rings. The van der Waals surface area contributed by atoms with Crippen LogP contribution >= 0.6 is 0 Å². The molecule has 4 rings (SSSR count). The molecule has 2 aliphatic carbocycles. The van der Waals surface area contributed by atoms with Gasteiger partial charge in [-0.2, -0.15) is 0 Å². The molecule has 0 unspecified atom stereocenters. The Morgan fingerprint density at radius 1 is 1.29 bits per heavy atom. The predicted molar refractivity (Wildman–Crippen MR) is 126 cm³/mol. The molecule has 1 saturated carbocycles. The number of carbonyl (C=O) groups is 1. The van der Waals surface area contributed by atoms with E-state index in [1.165, 1.54) is 37.7 Å². The van der Waals surface area contributed by atoms with E-state index in [0.29, 0.717) is 12.5 Å². The summed E-state index contributed by atoms with van der Waals surface area (Å²) in [5, 5.41) is 3.18. The zero-order valence-electron chi connectivity index (χ0n) is 19.3. The Bertz CT molecular complexity index is 835. The van der Waals surface area contributed by atoms with Gasteiger partial charge in [0.1, 0.15) is 5.75 Å². The Balaban J connectivity index is 1.18. The van der Waals surface area contributed by atoms with Gasteiger partial charge in [0.2, 0.25) is 5.91 Å². The summed E-state index contributed by atoms with van der Waals surface area (Å²) >= 11 is 0. The van der Waals surface area contributed by atoms with Crippen LogP contribution < -0.4 is 10.1 Å². The van der Waals surface area contributed by atoms with Crippen molar-refractivity contribution < 1.29 is 9.53 Å². The van der Waals surface area contributed by atoms with Gasteiger partial charge in [-0.05, 0) is 87.9 Å². The highest BCUT2D eigenvalue weighted by molar-refractivity contribution is 5.82. The fourth-order valence-electron chi connectivity index (χ4n) is 5.55. The van der Waals surface area contributed by atoms with Gasteiger partial charge in [0.25, 0.3) is 0 Å². The number of methoxy groups -OCH3 is 1. The van der Waals surface area contributed by atoms with Crippen molar-refractivity contribution >= 4 is 5.91 Å². The molecule has 1 spiro atoms. The van der Waals surface area contributed by atoms with Crippen LogP contribution in [-0.4, -0.2) is 44.1 Å². The highest BCUT2D eigenvalue weighted by Gasteiger charge is 2.58. The first kappa shape index (κ1) is 22.1. The van der Waals surface area contributed by atoms with Gasteiger partial charge < -0.3 is 10.1 Å². The minimum atomic E-state index is 0.220. The number of likely N-dealkylation sites (tertiary alicyclic amines) is 1. The van der Waals surface area contributed by atoms with E-state index in [9.17, 15) is 4.79 Å². The highest BCUT2D eigenvalue weighted by atomic mass is 16.5. The number of ether oxygens (including phenoxy) is 1. The van der Waals surface area contributed by atoms with Crippen molar-refractivity contribution in [3.8, 4) is 5.75 Å². The first-order chi connectivity index (χ1) is 15.0. The van der Waals surface area contributed by atoms with Gasteiger partial charge in [-0.25, -0.2) is 0 Å². The fraction of sp³-hybridized carbons (Fsp3) is 0.593. The van der Waals surface area contributed by atoms with Crippen LogP contribution in [0.1, 0.15) is 51.0 Å². The normalized spacial score (nSPS) is 25.0. The maximum absolute atomic E-state index is 12.7. The number of hydrogen-bond donors (Lipinski definition) is 1. The third-order valence-electron chi connectivity index (χ3n) is 7.87. The minimum Gasteiger partial charge on any atom is -0.496 e. The number of nitrogens with one attached hydrogen (secondary N) is 1. The van der Waals surface area contributed by atoms with Crippen LogP contribution in [0.25, 0.3) is 0 Å². The number of rotatable bonds is 8. The molecule has 1 N–H and O–H groups in total. The first-order valence-corrected chi connectivity index (χ1v) is 12.0. The largest absolute Gasteiger partial charge is 0.496 e. The van der Waals surface area contributed by atoms with Gasteiger partial charge in [-0.15, -0.1) is 0 Å². The number of carbonyl (C=O) groups excluding carboxylic acids is 1. The molecule has 1 aromatic carbocycles. The van der Waals surface area contributed by atoms with Crippen molar-refractivity contribution in [3.63, 3.8) is 0 Å². The number of nitrogens with zero attached hydrogens (tertiary/aromatic N) is 1. The van der Waals surface area contributed by atoms with E-state index in [1.807, 2.05) is 18.2 Å². The van der Waals surface area contributed by atoms with E-state index >= 15 is 0 Å². The number of para-hydroxylation sites is 1. The molecule has 0 bridgehead atoms. The maximum atomic E-state index is 12.7. The molecule has 2 atom stereocenters. The second kappa shape index (κ2) is 9.60. The van der Waals surface area contributed by atoms with Crippen LogP contribution in [0.5, 0.6) is 5.75 Å². The van der Waals surface area contributed by atoms with Gasteiger partial charge in [-0.1, -0.05) is 42.0 Å². The van der Waals surface area contributed by atoms with E-state index < -0.39 is 0 Å². The number of hydrogen-bond acceptors (Lipinski definition) is 3. The summed E-state index contributed by atoms with van der Waals surface area (Å²) in [5.41, 5.74) is 4.36. The molecular formula is C27H38N2O2. The summed E-state index contributed by atoms with van der Waals surface area (Å²) in [6, 6.07) is 8.04. The summed E-state index contributed by atoms with van der Waals surface area (Å²) in [6.07, 6.45) is 10.3. The van der Waals surface area contributed by atoms with Crippen molar-refractivity contribution in [2.75, 3.05) is 33.3 Å². The van der Waals surface area contributed by atoms with Crippen LogP contribution in [0.15, 0.2) is 48.1 Å². The van der Waals surface area contributed by atoms with Crippen molar-refractivity contribution in [1.82, 2.24) is 10.2 Å². The summed E-state index contributed by atoms with van der Waals surface area (Å²) in [7, 11) is 1.70. The van der Waals surface area contributed by atoms with Gasteiger partial charge in [-0.3, -0.25) is 9.69 Å². The van der Waals surface area contributed by atoms with Gasteiger partial charge in [0.05, 0.1) is 7.11 Å². The molecular weight excluding hydrogens is 384 g/mol. The molecule has 3 aliphatic rings. The summed E-state index contributed by atoms with van der Waals surface area (Å²) in [4.78, 5) is 15.3. The first-order valence-electron chi connectivity index (χ1n) is 12.0. The zero-order chi connectivity index (χ0) is 21.8. The average Bonchev–Trinajstić information content (AvgIpc) is 3.49. The third kappa shape index (κ3) is 5.23. The summed E-state index contributed by atoms with van der Waals surface area (Å²) in [6.45, 7) is 10.3. The van der Waals surface area contributed by atoms with E-state index in [0.717, 1.165) is 43.8 Å². The molecule has 1 saturated heterocycles. The molecule has 1 amide bonds. The van der Waals surface area contributed by atoms with Crippen LogP contribution in [0, 0.1) is 17.3 Å². The molecule has 1 aromatic rings. The Morgan fingerprint density at radius 3 is 2.74 bits per heavy atom. The molecule has 4 heteroatoms. The van der Waals surface area contributed by atoms with E-state index in [2.05, 4.69) is 35.9 Å². The number of piperidine rings is 1. The molecule has 168 valence electrons. The van der Waals surface area contributed by atoms with E-state index in [4.69, 9.17) is 4.74 Å². The molecule has 0 aromatic heterocycles. The molecule has 31 heavy (non-hydrogen) atoms. The Hall–Kier alpha value is -2.07. The smallest absolute Gasteiger partial charge is 0.223 e.